The number of benzene rings is 1. The zero-order chi connectivity index (χ0) is 27.3. The van der Waals surface area contributed by atoms with Crippen molar-refractivity contribution in [2.45, 2.75) is 57.2 Å². The number of anilines is 1. The molecule has 1 amide bonds. The first-order valence-corrected chi connectivity index (χ1v) is 11.6. The molecule has 37 heavy (non-hydrogen) atoms. The number of nitrogens with one attached hydrogen (secondary N) is 1. The second kappa shape index (κ2) is 9.50. The standard InChI is InChI=1S/C24H27F6N3O4/c1-12-17(14-5-6-15(25)18(26)19(14)35-8-7-33-10-22(3,27)11-33)20(37-23(12,4)24(28,29)30)21(34)31-16-9-36-32-13(16)2/h5-6,9,12,17,20H,7-8,10-11H2,1-4H3,(H,31,34)/t12-,17-,20+,23+/m0/s1. The molecule has 2 aliphatic rings. The summed E-state index contributed by atoms with van der Waals surface area (Å²) >= 11 is 0. The lowest BCUT2D eigenvalue weighted by atomic mass is 9.77. The fourth-order valence-electron chi connectivity index (χ4n) is 4.92. The molecule has 0 aliphatic carbocycles. The molecule has 2 aliphatic heterocycles. The summed E-state index contributed by atoms with van der Waals surface area (Å²) in [5, 5.41) is 6.04. The maximum atomic E-state index is 14.9. The highest BCUT2D eigenvalue weighted by Crippen LogP contribution is 2.55. The van der Waals surface area contributed by atoms with Crippen molar-refractivity contribution in [2.75, 3.05) is 31.6 Å². The van der Waals surface area contributed by atoms with Crippen LogP contribution in [0.15, 0.2) is 22.9 Å². The fourth-order valence-corrected chi connectivity index (χ4v) is 4.92. The van der Waals surface area contributed by atoms with Gasteiger partial charge in [0, 0.05) is 37.0 Å². The van der Waals surface area contributed by atoms with Crippen LogP contribution in [0, 0.1) is 24.5 Å². The number of ether oxygens (including phenoxy) is 2. The number of aryl methyl sites for hydroxylation is 1. The normalized spacial score (nSPS) is 27.7. The highest BCUT2D eigenvalue weighted by Gasteiger charge is 2.66. The van der Waals surface area contributed by atoms with E-state index in [1.807, 2.05) is 0 Å². The summed E-state index contributed by atoms with van der Waals surface area (Å²) in [6.07, 6.45) is -5.53. The van der Waals surface area contributed by atoms with Crippen LogP contribution in [0.4, 0.5) is 32.0 Å². The Kier molecular flexibility index (Phi) is 6.99. The maximum absolute atomic E-state index is 14.9. The number of hydrogen-bond donors (Lipinski definition) is 1. The molecular weight excluding hydrogens is 508 g/mol. The Morgan fingerprint density at radius 2 is 1.95 bits per heavy atom. The number of rotatable bonds is 7. The monoisotopic (exact) mass is 535 g/mol. The summed E-state index contributed by atoms with van der Waals surface area (Å²) in [6, 6.07) is 1.85. The van der Waals surface area contributed by atoms with Crippen molar-refractivity contribution >= 4 is 11.6 Å². The SMILES string of the molecule is Cc1nocc1NC(=O)[C@@H]1O[C@@](C)(C(F)(F)F)[C@@H](C)[C@H]1c1ccc(F)c(F)c1OCCN1CC(C)(F)C1. The van der Waals surface area contributed by atoms with Gasteiger partial charge in [0.1, 0.15) is 36.0 Å². The summed E-state index contributed by atoms with van der Waals surface area (Å²) in [5.41, 5.74) is -3.88. The van der Waals surface area contributed by atoms with E-state index in [2.05, 4.69) is 10.5 Å². The van der Waals surface area contributed by atoms with E-state index < -0.39 is 58.7 Å². The largest absolute Gasteiger partial charge is 0.489 e. The van der Waals surface area contributed by atoms with Gasteiger partial charge < -0.3 is 19.3 Å². The average Bonchev–Trinajstić information content (AvgIpc) is 3.30. The van der Waals surface area contributed by atoms with Crippen molar-refractivity contribution in [3.63, 3.8) is 0 Å². The lowest BCUT2D eigenvalue weighted by Crippen LogP contribution is -2.57. The van der Waals surface area contributed by atoms with Gasteiger partial charge in [0.2, 0.25) is 5.82 Å². The smallest absolute Gasteiger partial charge is 0.417 e. The van der Waals surface area contributed by atoms with Crippen LogP contribution in [-0.4, -0.2) is 65.8 Å². The van der Waals surface area contributed by atoms with E-state index in [0.717, 1.165) is 25.3 Å². The molecule has 13 heteroatoms. The predicted molar refractivity (Wildman–Crippen MR) is 119 cm³/mol. The van der Waals surface area contributed by atoms with Crippen LogP contribution in [0.2, 0.25) is 0 Å². The third-order valence-corrected chi connectivity index (χ3v) is 7.13. The van der Waals surface area contributed by atoms with Gasteiger partial charge in [-0.15, -0.1) is 0 Å². The predicted octanol–water partition coefficient (Wildman–Crippen LogP) is 4.76. The maximum Gasteiger partial charge on any atom is 0.417 e. The number of halogens is 6. The Morgan fingerprint density at radius 3 is 2.51 bits per heavy atom. The molecule has 0 spiro atoms. The van der Waals surface area contributed by atoms with Crippen LogP contribution in [0.3, 0.4) is 0 Å². The van der Waals surface area contributed by atoms with Gasteiger partial charge >= 0.3 is 6.18 Å². The van der Waals surface area contributed by atoms with Gasteiger partial charge in [-0.25, -0.2) is 8.78 Å². The molecule has 0 unspecified atom stereocenters. The number of amides is 1. The van der Waals surface area contributed by atoms with Crippen molar-refractivity contribution in [3.8, 4) is 5.75 Å². The molecule has 204 valence electrons. The molecule has 1 aromatic carbocycles. The third-order valence-electron chi connectivity index (χ3n) is 7.13. The summed E-state index contributed by atoms with van der Waals surface area (Å²) < 4.78 is 101. The summed E-state index contributed by atoms with van der Waals surface area (Å²) in [6.45, 7) is 5.25. The molecule has 2 saturated heterocycles. The van der Waals surface area contributed by atoms with E-state index in [1.54, 1.807) is 4.90 Å². The average molecular weight is 535 g/mol. The van der Waals surface area contributed by atoms with Crippen molar-refractivity contribution in [3.05, 3.63) is 41.3 Å². The van der Waals surface area contributed by atoms with Gasteiger partial charge in [-0.1, -0.05) is 18.1 Å². The molecule has 0 radical (unpaired) electrons. The molecule has 0 bridgehead atoms. The van der Waals surface area contributed by atoms with Crippen LogP contribution in [-0.2, 0) is 9.53 Å². The Labute approximate surface area is 209 Å². The summed E-state index contributed by atoms with van der Waals surface area (Å²) in [5.74, 6) is -7.01. The number of carbonyl (C=O) groups is 1. The molecule has 7 nitrogen and oxygen atoms in total. The molecule has 1 aromatic heterocycles. The number of carbonyl (C=O) groups excluding carboxylic acids is 1. The van der Waals surface area contributed by atoms with E-state index in [-0.39, 0.29) is 43.2 Å². The minimum Gasteiger partial charge on any atom is -0.489 e. The zero-order valence-electron chi connectivity index (χ0n) is 20.6. The Hall–Kier alpha value is -2.80. The minimum atomic E-state index is -4.89. The molecular formula is C24H27F6N3O4. The Balaban J connectivity index is 1.67. The zero-order valence-corrected chi connectivity index (χ0v) is 20.6. The van der Waals surface area contributed by atoms with E-state index in [1.165, 1.54) is 20.8 Å². The third kappa shape index (κ3) is 5.02. The first kappa shape index (κ1) is 27.2. The quantitative estimate of drug-likeness (QED) is 0.516. The number of hydrogen-bond acceptors (Lipinski definition) is 6. The number of nitrogens with zero attached hydrogens (tertiary/aromatic N) is 2. The van der Waals surface area contributed by atoms with Crippen LogP contribution >= 0.6 is 0 Å². The van der Waals surface area contributed by atoms with Crippen LogP contribution in [0.5, 0.6) is 5.75 Å². The topological polar surface area (TPSA) is 76.8 Å². The fraction of sp³-hybridized carbons (Fsp3) is 0.583. The Morgan fingerprint density at radius 1 is 1.27 bits per heavy atom. The van der Waals surface area contributed by atoms with Gasteiger partial charge in [0.25, 0.3) is 5.91 Å². The van der Waals surface area contributed by atoms with Gasteiger partial charge in [-0.2, -0.15) is 17.6 Å². The van der Waals surface area contributed by atoms with Crippen molar-refractivity contribution in [2.24, 2.45) is 5.92 Å². The van der Waals surface area contributed by atoms with Crippen LogP contribution < -0.4 is 10.1 Å². The number of likely N-dealkylation sites (tertiary alicyclic amines) is 1. The van der Waals surface area contributed by atoms with E-state index in [4.69, 9.17) is 14.0 Å². The second-order valence-corrected chi connectivity index (χ2v) is 10.0. The van der Waals surface area contributed by atoms with Crippen molar-refractivity contribution in [1.29, 1.82) is 0 Å². The van der Waals surface area contributed by atoms with Crippen molar-refractivity contribution < 1.29 is 45.1 Å². The first-order chi connectivity index (χ1) is 17.1. The molecule has 2 aromatic rings. The molecule has 4 rings (SSSR count). The van der Waals surface area contributed by atoms with E-state index in [0.29, 0.717) is 0 Å². The highest BCUT2D eigenvalue weighted by atomic mass is 19.4. The van der Waals surface area contributed by atoms with Crippen molar-refractivity contribution in [1.82, 2.24) is 10.1 Å². The van der Waals surface area contributed by atoms with Crippen LogP contribution in [0.25, 0.3) is 0 Å². The molecule has 1 N–H and O–H groups in total. The summed E-state index contributed by atoms with van der Waals surface area (Å²) in [7, 11) is 0. The number of aromatic nitrogens is 1. The molecule has 3 heterocycles. The lowest BCUT2D eigenvalue weighted by Gasteiger charge is -2.42. The van der Waals surface area contributed by atoms with Gasteiger partial charge in [0.05, 0.1) is 0 Å². The lowest BCUT2D eigenvalue weighted by molar-refractivity contribution is -0.272. The van der Waals surface area contributed by atoms with Crippen LogP contribution in [0.1, 0.15) is 37.9 Å². The van der Waals surface area contributed by atoms with E-state index in [9.17, 15) is 31.1 Å². The first-order valence-electron chi connectivity index (χ1n) is 11.6. The Bertz CT molecular complexity index is 1160. The van der Waals surface area contributed by atoms with E-state index >= 15 is 0 Å². The molecule has 4 atom stereocenters. The minimum absolute atomic E-state index is 0.122. The highest BCUT2D eigenvalue weighted by molar-refractivity contribution is 5.95. The van der Waals surface area contributed by atoms with Gasteiger partial charge in [-0.3, -0.25) is 9.69 Å². The number of alkyl halides is 4. The summed E-state index contributed by atoms with van der Waals surface area (Å²) in [4.78, 5) is 14.9. The molecule has 2 fully saturated rings. The second-order valence-electron chi connectivity index (χ2n) is 10.0. The van der Waals surface area contributed by atoms with Gasteiger partial charge in [-0.05, 0) is 26.8 Å². The van der Waals surface area contributed by atoms with Gasteiger partial charge in [0.15, 0.2) is 17.2 Å². The molecule has 0 saturated carbocycles.